The Hall–Kier alpha value is -1.63. The fourth-order valence-corrected chi connectivity index (χ4v) is 1.86. The number of rotatable bonds is 4. The standard InChI is InChI=1S/C12H18O7/c1-7(13)17-6-11-12(19-9(3)15)10(4-5-16-11)18-8(2)14/h10-12H,4-6H2,1-3H3/t10?,11-,12-/m1/s1. The second-order valence-corrected chi connectivity index (χ2v) is 4.22. The molecule has 1 saturated heterocycles. The summed E-state index contributed by atoms with van der Waals surface area (Å²) in [6.07, 6.45) is -1.57. The summed E-state index contributed by atoms with van der Waals surface area (Å²) in [5.41, 5.74) is 0. The van der Waals surface area contributed by atoms with E-state index < -0.39 is 36.2 Å². The third-order valence-corrected chi connectivity index (χ3v) is 2.54. The highest BCUT2D eigenvalue weighted by atomic mass is 16.6. The highest BCUT2D eigenvalue weighted by Gasteiger charge is 2.39. The van der Waals surface area contributed by atoms with Gasteiger partial charge in [0.05, 0.1) is 6.61 Å². The lowest BCUT2D eigenvalue weighted by Crippen LogP contribution is -2.50. The fraction of sp³-hybridized carbons (Fsp3) is 0.750. The molecule has 1 unspecified atom stereocenters. The molecule has 108 valence electrons. The molecule has 0 saturated carbocycles. The van der Waals surface area contributed by atoms with Gasteiger partial charge in [0.1, 0.15) is 18.8 Å². The van der Waals surface area contributed by atoms with Crippen LogP contribution >= 0.6 is 0 Å². The molecule has 7 nitrogen and oxygen atoms in total. The van der Waals surface area contributed by atoms with Crippen LogP contribution in [-0.2, 0) is 33.3 Å². The average Bonchev–Trinajstić information content (AvgIpc) is 2.28. The highest BCUT2D eigenvalue weighted by Crippen LogP contribution is 2.22. The third-order valence-electron chi connectivity index (χ3n) is 2.54. The smallest absolute Gasteiger partial charge is 0.303 e. The summed E-state index contributed by atoms with van der Waals surface area (Å²) < 4.78 is 20.5. The number of carbonyl (C=O) groups excluding carboxylic acids is 3. The number of hydrogen-bond acceptors (Lipinski definition) is 7. The average molecular weight is 274 g/mol. The van der Waals surface area contributed by atoms with Crippen molar-refractivity contribution in [3.63, 3.8) is 0 Å². The Morgan fingerprint density at radius 1 is 1.05 bits per heavy atom. The van der Waals surface area contributed by atoms with Crippen LogP contribution in [0.4, 0.5) is 0 Å². The maximum atomic E-state index is 11.1. The lowest BCUT2D eigenvalue weighted by atomic mass is 10.0. The SMILES string of the molecule is CC(=O)OC[C@H]1OCCC(OC(C)=O)[C@H]1OC(C)=O. The van der Waals surface area contributed by atoms with Crippen molar-refractivity contribution in [2.24, 2.45) is 0 Å². The van der Waals surface area contributed by atoms with E-state index in [1.54, 1.807) is 0 Å². The number of esters is 3. The molecule has 1 heterocycles. The van der Waals surface area contributed by atoms with Crippen molar-refractivity contribution in [2.75, 3.05) is 13.2 Å². The number of carbonyl (C=O) groups is 3. The van der Waals surface area contributed by atoms with Crippen molar-refractivity contribution >= 4 is 17.9 Å². The van der Waals surface area contributed by atoms with Crippen molar-refractivity contribution in [1.82, 2.24) is 0 Å². The Kier molecular flexibility index (Phi) is 5.75. The monoisotopic (exact) mass is 274 g/mol. The predicted molar refractivity (Wildman–Crippen MR) is 62.1 cm³/mol. The quantitative estimate of drug-likeness (QED) is 0.534. The first-order valence-corrected chi connectivity index (χ1v) is 5.99. The van der Waals surface area contributed by atoms with Gasteiger partial charge in [-0.3, -0.25) is 14.4 Å². The Morgan fingerprint density at radius 3 is 2.21 bits per heavy atom. The maximum Gasteiger partial charge on any atom is 0.303 e. The van der Waals surface area contributed by atoms with Crippen LogP contribution in [0, 0.1) is 0 Å². The minimum atomic E-state index is -0.769. The van der Waals surface area contributed by atoms with E-state index >= 15 is 0 Å². The van der Waals surface area contributed by atoms with Crippen LogP contribution in [0.25, 0.3) is 0 Å². The Labute approximate surface area is 111 Å². The third kappa shape index (κ3) is 5.25. The lowest BCUT2D eigenvalue weighted by molar-refractivity contribution is -0.200. The van der Waals surface area contributed by atoms with Crippen LogP contribution in [0.15, 0.2) is 0 Å². The van der Waals surface area contributed by atoms with Crippen LogP contribution in [0.5, 0.6) is 0 Å². The van der Waals surface area contributed by atoms with E-state index in [-0.39, 0.29) is 6.61 Å². The van der Waals surface area contributed by atoms with Gasteiger partial charge in [-0.1, -0.05) is 0 Å². The molecule has 19 heavy (non-hydrogen) atoms. The minimum absolute atomic E-state index is 0.0506. The molecule has 0 aromatic rings. The summed E-state index contributed by atoms with van der Waals surface area (Å²) >= 11 is 0. The Bertz CT molecular complexity index is 352. The number of hydrogen-bond donors (Lipinski definition) is 0. The molecule has 0 aromatic heterocycles. The molecule has 0 amide bonds. The van der Waals surface area contributed by atoms with Gasteiger partial charge in [-0.2, -0.15) is 0 Å². The molecule has 7 heteroatoms. The van der Waals surface area contributed by atoms with Crippen molar-refractivity contribution in [1.29, 1.82) is 0 Å². The van der Waals surface area contributed by atoms with Crippen LogP contribution in [0.3, 0.4) is 0 Å². The van der Waals surface area contributed by atoms with Crippen LogP contribution in [0.2, 0.25) is 0 Å². The van der Waals surface area contributed by atoms with E-state index in [1.165, 1.54) is 20.8 Å². The maximum absolute atomic E-state index is 11.1. The van der Waals surface area contributed by atoms with Crippen molar-refractivity contribution in [2.45, 2.75) is 45.5 Å². The van der Waals surface area contributed by atoms with Crippen LogP contribution < -0.4 is 0 Å². The van der Waals surface area contributed by atoms with E-state index in [2.05, 4.69) is 0 Å². The summed E-state index contributed by atoms with van der Waals surface area (Å²) in [7, 11) is 0. The van der Waals surface area contributed by atoms with Gasteiger partial charge in [0.15, 0.2) is 6.10 Å². The minimum Gasteiger partial charge on any atom is -0.463 e. The van der Waals surface area contributed by atoms with E-state index in [4.69, 9.17) is 18.9 Å². The molecular formula is C12H18O7. The Balaban J connectivity index is 2.72. The molecule has 0 N–H and O–H groups in total. The number of ether oxygens (including phenoxy) is 4. The highest BCUT2D eigenvalue weighted by molar-refractivity contribution is 5.67. The first-order valence-electron chi connectivity index (χ1n) is 5.99. The normalized spacial score (nSPS) is 26.4. The molecule has 0 aliphatic carbocycles. The summed E-state index contributed by atoms with van der Waals surface area (Å²) in [4.78, 5) is 32.9. The second kappa shape index (κ2) is 7.08. The lowest BCUT2D eigenvalue weighted by Gasteiger charge is -2.36. The summed E-state index contributed by atoms with van der Waals surface area (Å²) in [5.74, 6) is -1.43. The van der Waals surface area contributed by atoms with E-state index in [1.807, 2.05) is 0 Å². The van der Waals surface area contributed by atoms with Gasteiger partial charge >= 0.3 is 17.9 Å². The zero-order valence-corrected chi connectivity index (χ0v) is 11.2. The molecule has 0 aromatic carbocycles. The zero-order chi connectivity index (χ0) is 14.4. The molecule has 1 aliphatic rings. The fourth-order valence-electron chi connectivity index (χ4n) is 1.86. The molecule has 1 fully saturated rings. The van der Waals surface area contributed by atoms with Crippen molar-refractivity contribution in [3.05, 3.63) is 0 Å². The molecule has 0 spiro atoms. The topological polar surface area (TPSA) is 88.1 Å². The van der Waals surface area contributed by atoms with Crippen LogP contribution in [-0.4, -0.2) is 49.4 Å². The van der Waals surface area contributed by atoms with Gasteiger partial charge in [0.2, 0.25) is 0 Å². The van der Waals surface area contributed by atoms with Gasteiger partial charge in [0.25, 0.3) is 0 Å². The Morgan fingerprint density at radius 2 is 1.68 bits per heavy atom. The first kappa shape index (κ1) is 15.4. The van der Waals surface area contributed by atoms with E-state index in [9.17, 15) is 14.4 Å². The first-order chi connectivity index (χ1) is 8.90. The molecule has 0 radical (unpaired) electrons. The summed E-state index contributed by atoms with van der Waals surface area (Å²) in [6, 6.07) is 0. The zero-order valence-electron chi connectivity index (χ0n) is 11.2. The van der Waals surface area contributed by atoms with E-state index in [0.717, 1.165) is 0 Å². The van der Waals surface area contributed by atoms with Gasteiger partial charge in [-0.05, 0) is 0 Å². The molecule has 0 bridgehead atoms. The molecule has 3 atom stereocenters. The largest absolute Gasteiger partial charge is 0.463 e. The summed E-state index contributed by atoms with van der Waals surface area (Å²) in [5, 5.41) is 0. The van der Waals surface area contributed by atoms with Gasteiger partial charge in [-0.15, -0.1) is 0 Å². The molecule has 1 rings (SSSR count). The molecule has 1 aliphatic heterocycles. The van der Waals surface area contributed by atoms with E-state index in [0.29, 0.717) is 13.0 Å². The summed E-state index contributed by atoms with van der Waals surface area (Å²) in [6.45, 7) is 4.09. The molecular weight excluding hydrogens is 256 g/mol. The van der Waals surface area contributed by atoms with Gasteiger partial charge < -0.3 is 18.9 Å². The van der Waals surface area contributed by atoms with Crippen LogP contribution in [0.1, 0.15) is 27.2 Å². The van der Waals surface area contributed by atoms with Gasteiger partial charge in [-0.25, -0.2) is 0 Å². The second-order valence-electron chi connectivity index (χ2n) is 4.22. The van der Waals surface area contributed by atoms with Crippen molar-refractivity contribution < 1.29 is 33.3 Å². The van der Waals surface area contributed by atoms with Gasteiger partial charge in [0, 0.05) is 27.2 Å². The predicted octanol–water partition coefficient (Wildman–Crippen LogP) is 0.202. The van der Waals surface area contributed by atoms with Crippen molar-refractivity contribution in [3.8, 4) is 0 Å².